The van der Waals surface area contributed by atoms with Crippen LogP contribution in [0.15, 0.2) is 0 Å². The quantitative estimate of drug-likeness (QED) is 0.0357. The van der Waals surface area contributed by atoms with E-state index in [2.05, 4.69) is 23.7 Å². The molecule has 2 unspecified atom stereocenters. The summed E-state index contributed by atoms with van der Waals surface area (Å²) in [5.41, 5.74) is -3.13. The van der Waals surface area contributed by atoms with Crippen molar-refractivity contribution in [1.82, 2.24) is 0 Å². The maximum atomic E-state index is 14.2. The lowest BCUT2D eigenvalue weighted by Crippen LogP contribution is -2.52. The Bertz CT molecular complexity index is 2370. The molecule has 0 heterocycles. The number of carbonyl (C=O) groups is 9. The van der Waals surface area contributed by atoms with Gasteiger partial charge in [0.05, 0.1) is 33.5 Å². The fraction of sp³-hybridized carbons (Fsp3) is 0.855. The van der Waals surface area contributed by atoms with Crippen LogP contribution in [-0.2, 0) is 85.8 Å². The first-order valence-corrected chi connectivity index (χ1v) is 31.1. The van der Waals surface area contributed by atoms with Crippen LogP contribution in [0.25, 0.3) is 0 Å². The fourth-order valence-corrected chi connectivity index (χ4v) is 16.0. The highest BCUT2D eigenvalue weighted by Gasteiger charge is 2.61. The van der Waals surface area contributed by atoms with Crippen LogP contribution in [0.5, 0.6) is 0 Å². The molecule has 0 saturated heterocycles. The molecular formula is C62H88F6O18. The van der Waals surface area contributed by atoms with Crippen molar-refractivity contribution in [3.05, 3.63) is 0 Å². The summed E-state index contributed by atoms with van der Waals surface area (Å²) in [6, 6.07) is 0. The predicted octanol–water partition coefficient (Wildman–Crippen LogP) is 10.8. The largest absolute Gasteiger partial charge is 0.504 e. The van der Waals surface area contributed by atoms with E-state index in [4.69, 9.17) is 18.9 Å². The van der Waals surface area contributed by atoms with Gasteiger partial charge < -0.3 is 42.6 Å². The molecule has 18 nitrogen and oxygen atoms in total. The summed E-state index contributed by atoms with van der Waals surface area (Å²) in [7, 11) is 0. The Morgan fingerprint density at radius 2 is 0.640 bits per heavy atom. The summed E-state index contributed by atoms with van der Waals surface area (Å²) in [5, 5.41) is 0. The molecule has 12 aliphatic carbocycles. The molecule has 0 radical (unpaired) electrons. The fourth-order valence-electron chi connectivity index (χ4n) is 16.0. The molecule has 486 valence electrons. The minimum atomic E-state index is -4.35. The highest BCUT2D eigenvalue weighted by molar-refractivity contribution is 5.85. The lowest BCUT2D eigenvalue weighted by atomic mass is 9.49. The third kappa shape index (κ3) is 16.5. The molecule has 0 aromatic carbocycles. The molecule has 0 N–H and O–H groups in total. The van der Waals surface area contributed by atoms with E-state index >= 15 is 0 Å². The van der Waals surface area contributed by atoms with E-state index in [1.807, 2.05) is 20.8 Å². The Morgan fingerprint density at radius 3 is 0.919 bits per heavy atom. The summed E-state index contributed by atoms with van der Waals surface area (Å²) in [5.74, 6) is -10.5. The van der Waals surface area contributed by atoms with Gasteiger partial charge in [0.15, 0.2) is 6.61 Å². The zero-order chi connectivity index (χ0) is 63.2. The minimum Gasteiger partial charge on any atom is -0.462 e. The molecule has 12 aliphatic rings. The van der Waals surface area contributed by atoms with E-state index in [9.17, 15) is 69.5 Å². The normalized spacial score (nSPS) is 31.3. The Kier molecular flexibility index (Phi) is 22.0. The maximum absolute atomic E-state index is 14.2. The lowest BCUT2D eigenvalue weighted by Gasteiger charge is -2.55. The van der Waals surface area contributed by atoms with Crippen molar-refractivity contribution in [2.24, 2.45) is 86.8 Å². The number of alkyl halides is 6. The van der Waals surface area contributed by atoms with Gasteiger partial charge in [-0.15, -0.1) is 0 Å². The summed E-state index contributed by atoms with van der Waals surface area (Å²) < 4.78 is 126. The summed E-state index contributed by atoms with van der Waals surface area (Å²) in [6.45, 7) is 8.38. The molecule has 12 fully saturated rings. The van der Waals surface area contributed by atoms with Crippen molar-refractivity contribution < 1.29 is 112 Å². The molecule has 0 aliphatic heterocycles. The zero-order valence-corrected chi connectivity index (χ0v) is 50.8. The van der Waals surface area contributed by atoms with Gasteiger partial charge in [-0.2, -0.15) is 26.3 Å². The van der Waals surface area contributed by atoms with Crippen LogP contribution >= 0.6 is 0 Å². The number of halogens is 6. The average molecular weight is 1240 g/mol. The molecular weight excluding hydrogens is 1150 g/mol. The molecule has 86 heavy (non-hydrogen) atoms. The van der Waals surface area contributed by atoms with E-state index in [0.29, 0.717) is 130 Å². The molecule has 12 saturated carbocycles. The van der Waals surface area contributed by atoms with E-state index < -0.39 is 120 Å². The second-order valence-corrected chi connectivity index (χ2v) is 27.4. The lowest BCUT2D eigenvalue weighted by molar-refractivity contribution is -0.255. The second kappa shape index (κ2) is 27.7. The van der Waals surface area contributed by atoms with Crippen molar-refractivity contribution in [3.63, 3.8) is 0 Å². The third-order valence-corrected chi connectivity index (χ3v) is 20.2. The monoisotopic (exact) mass is 1230 g/mol. The van der Waals surface area contributed by atoms with Crippen LogP contribution < -0.4 is 0 Å². The van der Waals surface area contributed by atoms with Crippen LogP contribution in [0.1, 0.15) is 183 Å². The number of hydrogen-bond acceptors (Lipinski definition) is 18. The van der Waals surface area contributed by atoms with Crippen molar-refractivity contribution in [2.45, 2.75) is 201 Å². The van der Waals surface area contributed by atoms with E-state index in [1.54, 1.807) is 27.7 Å². The van der Waals surface area contributed by atoms with Crippen molar-refractivity contribution >= 4 is 53.7 Å². The summed E-state index contributed by atoms with van der Waals surface area (Å²) in [6.07, 6.45) is 8.20. The van der Waals surface area contributed by atoms with Crippen molar-refractivity contribution in [2.75, 3.05) is 46.2 Å². The molecule has 0 aromatic rings. The van der Waals surface area contributed by atoms with Gasteiger partial charge >= 0.3 is 71.9 Å². The highest BCUT2D eigenvalue weighted by Crippen LogP contribution is 2.63. The predicted molar refractivity (Wildman–Crippen MR) is 289 cm³/mol. The van der Waals surface area contributed by atoms with E-state index in [-0.39, 0.29) is 31.7 Å². The number of rotatable bonds is 25. The number of carbonyl (C=O) groups excluding carboxylic acids is 9. The van der Waals surface area contributed by atoms with Crippen LogP contribution in [0.2, 0.25) is 0 Å². The standard InChI is InChI=1S/2C21H30F2O6.C20H28F2O6/c1-4-19(2,3)16(24)27-5-6-28-18(26)21(22,23)29-17(25)20-10-13-7-14(11-20)9-15(8-13)12-20;1-3-13(2)17(24)27-4-5-28-19(26)21(22,23)12-29-18(25)20-9-14-6-15(10-20)8-16(7-14)11-20;1-3-12(2)16(23)26-4-5-27-18(25)20(21,22)28-17(24)19-9-13-6-14(10-19)8-15(7-13)11-19/h13-15H,4-12H2,1-3H3;13-16H,3-12H2,1-2H3;12-15H,3-11H2,1-2H3. The first-order chi connectivity index (χ1) is 40.3. The van der Waals surface area contributed by atoms with Crippen molar-refractivity contribution in [3.8, 4) is 0 Å². The first kappa shape index (κ1) is 68.3. The highest BCUT2D eigenvalue weighted by atomic mass is 19.3. The third-order valence-electron chi connectivity index (χ3n) is 20.2. The van der Waals surface area contributed by atoms with Crippen LogP contribution in [0, 0.1) is 86.8 Å². The Labute approximate surface area is 498 Å². The smallest absolute Gasteiger partial charge is 0.462 e. The van der Waals surface area contributed by atoms with Gasteiger partial charge in [0.25, 0.3) is 0 Å². The molecule has 12 bridgehead atoms. The van der Waals surface area contributed by atoms with Gasteiger partial charge in [0.1, 0.15) is 39.6 Å². The van der Waals surface area contributed by atoms with Gasteiger partial charge in [0, 0.05) is 0 Å². The average Bonchev–Trinajstić information content (AvgIpc) is 0.828. The zero-order valence-electron chi connectivity index (χ0n) is 50.8. The topological polar surface area (TPSA) is 237 Å². The summed E-state index contributed by atoms with van der Waals surface area (Å²) >= 11 is 0. The van der Waals surface area contributed by atoms with E-state index in [1.165, 1.54) is 0 Å². The van der Waals surface area contributed by atoms with E-state index in [0.717, 1.165) is 57.8 Å². The number of esters is 9. The first-order valence-electron chi connectivity index (χ1n) is 31.1. The van der Waals surface area contributed by atoms with Gasteiger partial charge in [0.2, 0.25) is 0 Å². The maximum Gasteiger partial charge on any atom is 0.504 e. The van der Waals surface area contributed by atoms with Gasteiger partial charge in [-0.3, -0.25) is 28.8 Å². The Balaban J connectivity index is 0.000000185. The molecule has 0 spiro atoms. The van der Waals surface area contributed by atoms with Gasteiger partial charge in [-0.1, -0.05) is 34.6 Å². The molecule has 0 amide bonds. The number of hydrogen-bond donors (Lipinski definition) is 0. The second-order valence-electron chi connectivity index (χ2n) is 27.4. The Hall–Kier alpha value is -5.19. The Morgan fingerprint density at radius 1 is 0.384 bits per heavy atom. The van der Waals surface area contributed by atoms with Crippen LogP contribution in [0.3, 0.4) is 0 Å². The van der Waals surface area contributed by atoms with Crippen LogP contribution in [0.4, 0.5) is 26.3 Å². The minimum absolute atomic E-state index is 0.294. The van der Waals surface area contributed by atoms with Gasteiger partial charge in [-0.25, -0.2) is 14.4 Å². The molecule has 2 atom stereocenters. The van der Waals surface area contributed by atoms with Crippen molar-refractivity contribution in [1.29, 1.82) is 0 Å². The number of ether oxygens (including phenoxy) is 9. The molecule has 0 aromatic heterocycles. The molecule has 12 rings (SSSR count). The SMILES string of the molecule is CCC(C)(C)C(=O)OCCOC(=O)C(F)(F)OC(=O)C12CC3CC(CC(C3)C1)C2.CCC(C)C(=O)OCCOC(=O)C(F)(F)COC(=O)C12CC3CC(CC(C3)C1)C2.CCC(C)C(=O)OCCOC(=O)C(F)(F)OC(=O)C12CC3CC(CC(C3)C1)C2. The summed E-state index contributed by atoms with van der Waals surface area (Å²) in [4.78, 5) is 108. The van der Waals surface area contributed by atoms with Crippen LogP contribution in [-0.4, -0.2) is 118 Å². The molecule has 24 heteroatoms. The van der Waals surface area contributed by atoms with Gasteiger partial charge in [-0.05, 0) is 202 Å².